The first-order chi connectivity index (χ1) is 10.0. The summed E-state index contributed by atoms with van der Waals surface area (Å²) in [5, 5.41) is 0.811. The third-order valence-corrected chi connectivity index (χ3v) is 4.90. The van der Waals surface area contributed by atoms with Crippen LogP contribution in [0.1, 0.15) is 42.3 Å². The molecule has 1 fully saturated rings. The highest BCUT2D eigenvalue weighted by Crippen LogP contribution is 2.30. The number of anilines is 2. The van der Waals surface area contributed by atoms with Gasteiger partial charge in [-0.15, -0.1) is 0 Å². The molecule has 1 aromatic rings. The van der Waals surface area contributed by atoms with Gasteiger partial charge in [0, 0.05) is 32.7 Å². The van der Waals surface area contributed by atoms with Crippen molar-refractivity contribution >= 4 is 28.2 Å². The van der Waals surface area contributed by atoms with Gasteiger partial charge in [-0.3, -0.25) is 4.79 Å². The van der Waals surface area contributed by atoms with E-state index in [1.165, 1.54) is 11.3 Å². The molecule has 0 aromatic carbocycles. The smallest absolute Gasteiger partial charge is 0.267 e. The summed E-state index contributed by atoms with van der Waals surface area (Å²) in [6, 6.07) is 0.186. The minimum absolute atomic E-state index is 0.0316. The molecule has 1 aliphatic rings. The number of amides is 1. The van der Waals surface area contributed by atoms with Crippen molar-refractivity contribution in [1.29, 1.82) is 0 Å². The molecule has 1 amide bonds. The normalized spacial score (nSPS) is 18.2. The first-order valence-corrected chi connectivity index (χ1v) is 8.36. The van der Waals surface area contributed by atoms with E-state index in [0.29, 0.717) is 10.7 Å². The predicted octanol–water partition coefficient (Wildman–Crippen LogP) is 1.52. The van der Waals surface area contributed by atoms with Crippen LogP contribution in [0.5, 0.6) is 0 Å². The first-order valence-electron chi connectivity index (χ1n) is 7.55. The van der Waals surface area contributed by atoms with Gasteiger partial charge >= 0.3 is 0 Å². The van der Waals surface area contributed by atoms with Crippen LogP contribution in [-0.2, 0) is 0 Å². The van der Waals surface area contributed by atoms with E-state index in [2.05, 4.69) is 16.8 Å². The number of hydrogen-bond acceptors (Lipinski definition) is 6. The average Bonchev–Trinajstić information content (AvgIpc) is 3.04. The van der Waals surface area contributed by atoms with Gasteiger partial charge in [-0.25, -0.2) is 4.98 Å². The zero-order chi connectivity index (χ0) is 15.4. The number of rotatable bonds is 6. The minimum Gasteiger partial charge on any atom is -0.382 e. The molecule has 1 aromatic heterocycles. The second kappa shape index (κ2) is 7.09. The Labute approximate surface area is 130 Å². The van der Waals surface area contributed by atoms with Crippen molar-refractivity contribution in [2.45, 2.75) is 38.6 Å². The van der Waals surface area contributed by atoms with Crippen LogP contribution in [0.2, 0.25) is 0 Å². The van der Waals surface area contributed by atoms with E-state index in [4.69, 9.17) is 11.5 Å². The molecule has 1 atom stereocenters. The van der Waals surface area contributed by atoms with E-state index < -0.39 is 0 Å². The highest BCUT2D eigenvalue weighted by atomic mass is 32.1. The summed E-state index contributed by atoms with van der Waals surface area (Å²) in [7, 11) is 1.82. The SMILES string of the molecule is CCCCCN(C)C(=O)c1sc(N2CCC(N)C2)nc1N. The predicted molar refractivity (Wildman–Crippen MR) is 87.8 cm³/mol. The molecule has 2 heterocycles. The van der Waals surface area contributed by atoms with Crippen LogP contribution in [0.15, 0.2) is 0 Å². The number of carbonyl (C=O) groups excluding carboxylic acids is 1. The maximum Gasteiger partial charge on any atom is 0.267 e. The van der Waals surface area contributed by atoms with Crippen molar-refractivity contribution in [3.8, 4) is 0 Å². The van der Waals surface area contributed by atoms with E-state index in [1.807, 2.05) is 7.05 Å². The zero-order valence-corrected chi connectivity index (χ0v) is 13.7. The van der Waals surface area contributed by atoms with E-state index in [1.54, 1.807) is 4.90 Å². The zero-order valence-electron chi connectivity index (χ0n) is 12.8. The van der Waals surface area contributed by atoms with E-state index in [0.717, 1.165) is 50.4 Å². The molecule has 0 spiro atoms. The van der Waals surface area contributed by atoms with Gasteiger partial charge in [0.25, 0.3) is 5.91 Å². The van der Waals surface area contributed by atoms with Crippen molar-refractivity contribution in [1.82, 2.24) is 9.88 Å². The summed E-state index contributed by atoms with van der Waals surface area (Å²) >= 11 is 1.38. The Morgan fingerprint density at radius 3 is 2.90 bits per heavy atom. The molecule has 6 nitrogen and oxygen atoms in total. The van der Waals surface area contributed by atoms with Gasteiger partial charge in [0.15, 0.2) is 5.13 Å². The van der Waals surface area contributed by atoms with Crippen LogP contribution in [0.25, 0.3) is 0 Å². The van der Waals surface area contributed by atoms with Gasteiger partial charge in [-0.2, -0.15) is 0 Å². The van der Waals surface area contributed by atoms with E-state index in [-0.39, 0.29) is 11.9 Å². The lowest BCUT2D eigenvalue weighted by atomic mass is 10.2. The van der Waals surface area contributed by atoms with E-state index in [9.17, 15) is 4.79 Å². The van der Waals surface area contributed by atoms with Crippen molar-refractivity contribution in [3.63, 3.8) is 0 Å². The summed E-state index contributed by atoms with van der Waals surface area (Å²) in [5.41, 5.74) is 11.8. The number of aromatic nitrogens is 1. The lowest BCUT2D eigenvalue weighted by Gasteiger charge is -2.16. The standard InChI is InChI=1S/C14H25N5OS/c1-3-4-5-7-18(2)13(20)11-12(16)17-14(21-11)19-8-6-10(15)9-19/h10H,3-9,15-16H2,1-2H3. The van der Waals surface area contributed by atoms with Crippen LogP contribution in [-0.4, -0.2) is 48.5 Å². The fourth-order valence-electron chi connectivity index (χ4n) is 2.44. The number of carbonyl (C=O) groups is 1. The summed E-state index contributed by atoms with van der Waals surface area (Å²) in [5.74, 6) is 0.304. The second-order valence-electron chi connectivity index (χ2n) is 5.64. The molecule has 1 aliphatic heterocycles. The maximum absolute atomic E-state index is 12.4. The molecule has 1 unspecified atom stereocenters. The molecular formula is C14H25N5OS. The van der Waals surface area contributed by atoms with Gasteiger partial charge in [0.1, 0.15) is 10.7 Å². The summed E-state index contributed by atoms with van der Waals surface area (Å²) in [6.45, 7) is 4.57. The fraction of sp³-hybridized carbons (Fsp3) is 0.714. The van der Waals surface area contributed by atoms with E-state index >= 15 is 0 Å². The molecule has 0 bridgehead atoms. The third-order valence-electron chi connectivity index (χ3n) is 3.78. The quantitative estimate of drug-likeness (QED) is 0.778. The van der Waals surface area contributed by atoms with Crippen LogP contribution in [0, 0.1) is 0 Å². The average molecular weight is 311 g/mol. The molecular weight excluding hydrogens is 286 g/mol. The Morgan fingerprint density at radius 1 is 1.52 bits per heavy atom. The summed E-state index contributed by atoms with van der Waals surface area (Å²) < 4.78 is 0. The van der Waals surface area contributed by atoms with Crippen LogP contribution < -0.4 is 16.4 Å². The van der Waals surface area contributed by atoms with Crippen LogP contribution in [0.4, 0.5) is 10.9 Å². The first kappa shape index (κ1) is 16.0. The molecule has 0 aliphatic carbocycles. The summed E-state index contributed by atoms with van der Waals surface area (Å²) in [4.78, 5) is 21.2. The Morgan fingerprint density at radius 2 is 2.29 bits per heavy atom. The van der Waals surface area contributed by atoms with Crippen LogP contribution in [0.3, 0.4) is 0 Å². The molecule has 1 saturated heterocycles. The Kier molecular flexibility index (Phi) is 5.41. The number of thiazole rings is 1. The van der Waals surface area contributed by atoms with Crippen molar-refractivity contribution in [3.05, 3.63) is 4.88 Å². The lowest BCUT2D eigenvalue weighted by Crippen LogP contribution is -2.27. The van der Waals surface area contributed by atoms with Gasteiger partial charge < -0.3 is 21.3 Å². The molecule has 118 valence electrons. The van der Waals surface area contributed by atoms with Crippen LogP contribution >= 0.6 is 11.3 Å². The molecule has 21 heavy (non-hydrogen) atoms. The maximum atomic E-state index is 12.4. The highest BCUT2D eigenvalue weighted by Gasteiger charge is 2.25. The number of hydrogen-bond donors (Lipinski definition) is 2. The third kappa shape index (κ3) is 3.85. The molecule has 0 radical (unpaired) electrons. The number of nitrogen functional groups attached to an aromatic ring is 1. The van der Waals surface area contributed by atoms with Gasteiger partial charge in [0.2, 0.25) is 0 Å². The molecule has 7 heteroatoms. The number of nitrogens with two attached hydrogens (primary N) is 2. The van der Waals surface area contributed by atoms with Gasteiger partial charge in [0.05, 0.1) is 0 Å². The second-order valence-corrected chi connectivity index (χ2v) is 6.62. The molecule has 4 N–H and O–H groups in total. The Hall–Kier alpha value is -1.34. The number of unbranched alkanes of at least 4 members (excludes halogenated alkanes) is 2. The molecule has 0 saturated carbocycles. The molecule has 2 rings (SSSR count). The Balaban J connectivity index is 2.02. The van der Waals surface area contributed by atoms with Gasteiger partial charge in [-0.1, -0.05) is 31.1 Å². The van der Waals surface area contributed by atoms with Gasteiger partial charge in [-0.05, 0) is 12.8 Å². The lowest BCUT2D eigenvalue weighted by molar-refractivity contribution is 0.0798. The highest BCUT2D eigenvalue weighted by molar-refractivity contribution is 7.18. The fourth-order valence-corrected chi connectivity index (χ4v) is 3.46. The minimum atomic E-state index is -0.0316. The monoisotopic (exact) mass is 311 g/mol. The topological polar surface area (TPSA) is 88.5 Å². The largest absolute Gasteiger partial charge is 0.382 e. The Bertz CT molecular complexity index is 490. The van der Waals surface area contributed by atoms with Crippen molar-refractivity contribution < 1.29 is 4.79 Å². The van der Waals surface area contributed by atoms with Crippen molar-refractivity contribution in [2.24, 2.45) is 5.73 Å². The van der Waals surface area contributed by atoms with Crippen molar-refractivity contribution in [2.75, 3.05) is 37.3 Å². The summed E-state index contributed by atoms with van der Waals surface area (Å²) in [6.07, 6.45) is 4.25. The number of nitrogens with zero attached hydrogens (tertiary/aromatic N) is 3.